The first-order valence-electron chi connectivity index (χ1n) is 9.22. The number of aryl methyl sites for hydroxylation is 2. The van der Waals surface area contributed by atoms with E-state index in [2.05, 4.69) is 14.8 Å². The molecule has 3 heterocycles. The second-order valence-corrected chi connectivity index (χ2v) is 7.05. The van der Waals surface area contributed by atoms with Crippen LogP contribution in [0.15, 0.2) is 40.2 Å². The monoisotopic (exact) mass is 384 g/mol. The van der Waals surface area contributed by atoms with E-state index in [-0.39, 0.29) is 17.9 Å². The number of aromatic nitrogens is 4. The highest BCUT2D eigenvalue weighted by molar-refractivity contribution is 5.69. The summed E-state index contributed by atoms with van der Waals surface area (Å²) in [7, 11) is 5.07. The average molecular weight is 384 g/mol. The molecule has 1 aliphatic heterocycles. The molecular formula is C19H24N6O3. The van der Waals surface area contributed by atoms with Crippen molar-refractivity contribution in [3.8, 4) is 5.75 Å². The lowest BCUT2D eigenvalue weighted by molar-refractivity contribution is 0.198. The standard InChI is InChI=1S/C19H24N6O3/c1-21-12-20-17-16(21)18(26)25(19(27)22(17)2)13-23-8-10-24(11-9-23)14-4-6-15(28-3)7-5-14/h4-7,12H,8-11,13H2,1-3H3. The highest BCUT2D eigenvalue weighted by atomic mass is 16.5. The fraction of sp³-hybridized carbons (Fsp3) is 0.421. The highest BCUT2D eigenvalue weighted by Gasteiger charge is 2.21. The Kier molecular flexibility index (Phi) is 4.68. The van der Waals surface area contributed by atoms with Crippen LogP contribution in [0.25, 0.3) is 11.2 Å². The summed E-state index contributed by atoms with van der Waals surface area (Å²) in [5.74, 6) is 0.836. The summed E-state index contributed by atoms with van der Waals surface area (Å²) in [6.07, 6.45) is 1.56. The quantitative estimate of drug-likeness (QED) is 0.641. The third-order valence-electron chi connectivity index (χ3n) is 5.35. The Bertz CT molecular complexity index is 1100. The number of imidazole rings is 1. The van der Waals surface area contributed by atoms with Crippen LogP contribution in [0.3, 0.4) is 0 Å². The number of ether oxygens (including phenoxy) is 1. The molecule has 4 rings (SSSR count). The normalized spacial score (nSPS) is 15.3. The first kappa shape index (κ1) is 18.3. The number of hydrogen-bond donors (Lipinski definition) is 0. The van der Waals surface area contributed by atoms with Crippen LogP contribution < -0.4 is 20.9 Å². The van der Waals surface area contributed by atoms with Gasteiger partial charge in [0.2, 0.25) is 0 Å². The van der Waals surface area contributed by atoms with Crippen LogP contribution in [0, 0.1) is 0 Å². The lowest BCUT2D eigenvalue weighted by Crippen LogP contribution is -2.50. The van der Waals surface area contributed by atoms with Gasteiger partial charge in [0.15, 0.2) is 11.2 Å². The molecular weight excluding hydrogens is 360 g/mol. The third-order valence-corrected chi connectivity index (χ3v) is 5.35. The summed E-state index contributed by atoms with van der Waals surface area (Å²) >= 11 is 0. The maximum Gasteiger partial charge on any atom is 0.333 e. The van der Waals surface area contributed by atoms with Gasteiger partial charge >= 0.3 is 5.69 Å². The topological polar surface area (TPSA) is 77.5 Å². The molecule has 0 radical (unpaired) electrons. The van der Waals surface area contributed by atoms with E-state index in [1.54, 1.807) is 32.1 Å². The van der Waals surface area contributed by atoms with Crippen LogP contribution in [-0.2, 0) is 20.8 Å². The van der Waals surface area contributed by atoms with Crippen LogP contribution >= 0.6 is 0 Å². The maximum absolute atomic E-state index is 12.8. The summed E-state index contributed by atoms with van der Waals surface area (Å²) in [6.45, 7) is 3.48. The molecule has 1 aromatic carbocycles. The Balaban J connectivity index is 1.51. The second kappa shape index (κ2) is 7.16. The Labute approximate surface area is 162 Å². The van der Waals surface area contributed by atoms with Crippen molar-refractivity contribution in [1.29, 1.82) is 0 Å². The van der Waals surface area contributed by atoms with Crippen molar-refractivity contribution in [3.63, 3.8) is 0 Å². The lowest BCUT2D eigenvalue weighted by Gasteiger charge is -2.36. The van der Waals surface area contributed by atoms with Gasteiger partial charge in [-0.25, -0.2) is 14.3 Å². The van der Waals surface area contributed by atoms with Gasteiger partial charge in [0.05, 0.1) is 20.1 Å². The van der Waals surface area contributed by atoms with Gasteiger partial charge in [-0.2, -0.15) is 0 Å². The third kappa shape index (κ3) is 3.07. The van der Waals surface area contributed by atoms with Crippen LogP contribution in [0.1, 0.15) is 0 Å². The molecule has 0 saturated carbocycles. The summed E-state index contributed by atoms with van der Waals surface area (Å²) in [6, 6.07) is 8.00. The fourth-order valence-electron chi connectivity index (χ4n) is 3.66. The van der Waals surface area contributed by atoms with Gasteiger partial charge in [-0.1, -0.05) is 0 Å². The van der Waals surface area contributed by atoms with Crippen molar-refractivity contribution in [1.82, 2.24) is 23.6 Å². The molecule has 28 heavy (non-hydrogen) atoms. The molecule has 0 bridgehead atoms. The van der Waals surface area contributed by atoms with E-state index >= 15 is 0 Å². The van der Waals surface area contributed by atoms with Gasteiger partial charge in [0.1, 0.15) is 5.75 Å². The van der Waals surface area contributed by atoms with Crippen LogP contribution in [-0.4, -0.2) is 56.9 Å². The minimum absolute atomic E-state index is 0.281. The van der Waals surface area contributed by atoms with E-state index in [1.807, 2.05) is 24.3 Å². The Morgan fingerprint density at radius 2 is 1.71 bits per heavy atom. The molecule has 0 aliphatic carbocycles. The van der Waals surface area contributed by atoms with Crippen LogP contribution in [0.2, 0.25) is 0 Å². The average Bonchev–Trinajstić information content (AvgIpc) is 3.12. The van der Waals surface area contributed by atoms with E-state index in [1.165, 1.54) is 9.13 Å². The van der Waals surface area contributed by atoms with E-state index in [4.69, 9.17) is 4.74 Å². The van der Waals surface area contributed by atoms with Gasteiger partial charge < -0.3 is 14.2 Å². The largest absolute Gasteiger partial charge is 0.497 e. The van der Waals surface area contributed by atoms with E-state index in [9.17, 15) is 9.59 Å². The molecule has 9 heteroatoms. The number of nitrogens with zero attached hydrogens (tertiary/aromatic N) is 6. The molecule has 1 fully saturated rings. The molecule has 0 spiro atoms. The molecule has 0 N–H and O–H groups in total. The number of benzene rings is 1. The van der Waals surface area contributed by atoms with Gasteiger partial charge in [-0.05, 0) is 24.3 Å². The minimum atomic E-state index is -0.339. The van der Waals surface area contributed by atoms with Crippen molar-refractivity contribution in [2.75, 3.05) is 38.2 Å². The number of methoxy groups -OCH3 is 1. The van der Waals surface area contributed by atoms with Crippen molar-refractivity contribution in [2.45, 2.75) is 6.67 Å². The van der Waals surface area contributed by atoms with Crippen LogP contribution in [0.5, 0.6) is 5.75 Å². The summed E-state index contributed by atoms with van der Waals surface area (Å²) < 4.78 is 9.60. The Morgan fingerprint density at radius 3 is 2.36 bits per heavy atom. The van der Waals surface area contributed by atoms with Crippen LogP contribution in [0.4, 0.5) is 5.69 Å². The van der Waals surface area contributed by atoms with Crippen molar-refractivity contribution in [3.05, 3.63) is 51.4 Å². The molecule has 3 aromatic rings. The van der Waals surface area contributed by atoms with Gasteiger partial charge in [-0.3, -0.25) is 14.3 Å². The summed E-state index contributed by atoms with van der Waals surface area (Å²) in [5, 5.41) is 0. The predicted octanol–water partition coefficient (Wildman–Crippen LogP) is 0.222. The Morgan fingerprint density at radius 1 is 1.04 bits per heavy atom. The molecule has 9 nitrogen and oxygen atoms in total. The zero-order chi connectivity index (χ0) is 19.8. The van der Waals surface area contributed by atoms with E-state index in [0.29, 0.717) is 11.2 Å². The second-order valence-electron chi connectivity index (χ2n) is 7.05. The predicted molar refractivity (Wildman–Crippen MR) is 107 cm³/mol. The minimum Gasteiger partial charge on any atom is -0.497 e. The Hall–Kier alpha value is -3.07. The van der Waals surface area contributed by atoms with E-state index < -0.39 is 0 Å². The molecule has 148 valence electrons. The van der Waals surface area contributed by atoms with Gasteiger partial charge in [-0.15, -0.1) is 0 Å². The molecule has 1 saturated heterocycles. The van der Waals surface area contributed by atoms with E-state index in [0.717, 1.165) is 37.6 Å². The first-order valence-corrected chi connectivity index (χ1v) is 9.22. The van der Waals surface area contributed by atoms with Crippen molar-refractivity contribution >= 4 is 16.9 Å². The van der Waals surface area contributed by atoms with Crippen molar-refractivity contribution in [2.24, 2.45) is 14.1 Å². The lowest BCUT2D eigenvalue weighted by atomic mass is 10.2. The number of rotatable bonds is 4. The van der Waals surface area contributed by atoms with Gasteiger partial charge in [0, 0.05) is 46.0 Å². The SMILES string of the molecule is COc1ccc(N2CCN(Cn3c(=O)c4c(ncn4C)n(C)c3=O)CC2)cc1. The molecule has 0 atom stereocenters. The molecule has 0 amide bonds. The zero-order valence-electron chi connectivity index (χ0n) is 16.3. The number of hydrogen-bond acceptors (Lipinski definition) is 6. The van der Waals surface area contributed by atoms with Crippen molar-refractivity contribution < 1.29 is 4.74 Å². The maximum atomic E-state index is 12.8. The molecule has 2 aromatic heterocycles. The zero-order valence-corrected chi connectivity index (χ0v) is 16.3. The summed E-state index contributed by atoms with van der Waals surface area (Å²) in [5.41, 5.74) is 1.37. The first-order chi connectivity index (χ1) is 13.5. The van der Waals surface area contributed by atoms with Gasteiger partial charge in [0.25, 0.3) is 5.56 Å². The number of fused-ring (bicyclic) bond motifs is 1. The smallest absolute Gasteiger partial charge is 0.333 e. The summed E-state index contributed by atoms with van der Waals surface area (Å²) in [4.78, 5) is 34.1. The highest BCUT2D eigenvalue weighted by Crippen LogP contribution is 2.20. The molecule has 0 unspecified atom stereocenters. The molecule has 1 aliphatic rings. The number of anilines is 1. The fourth-order valence-corrected chi connectivity index (χ4v) is 3.66. The number of piperazine rings is 1.